The van der Waals surface area contributed by atoms with E-state index < -0.39 is 6.10 Å². The molecule has 96 valence electrons. The molecule has 3 nitrogen and oxygen atoms in total. The molecule has 0 aliphatic rings. The van der Waals surface area contributed by atoms with E-state index in [1.54, 1.807) is 25.4 Å². The van der Waals surface area contributed by atoms with Crippen LogP contribution in [0.25, 0.3) is 0 Å². The highest BCUT2D eigenvalue weighted by Gasteiger charge is 1.98. The van der Waals surface area contributed by atoms with E-state index in [2.05, 4.69) is 32.8 Å². The number of alkyl halides is 1. The number of aliphatic hydroxyl groups is 1. The van der Waals surface area contributed by atoms with Crippen LogP contribution in [0, 0.1) is 0 Å². The van der Waals surface area contributed by atoms with E-state index in [1.807, 2.05) is 30.3 Å². The maximum atomic E-state index is 8.96. The summed E-state index contributed by atoms with van der Waals surface area (Å²) in [4.78, 5) is 8.42. The number of aromatic nitrogens is 2. The van der Waals surface area contributed by atoms with Gasteiger partial charge in [-0.1, -0.05) is 28.1 Å². The Morgan fingerprint density at radius 3 is 1.67 bits per heavy atom. The van der Waals surface area contributed by atoms with Crippen LogP contribution in [0.5, 0.6) is 0 Å². The van der Waals surface area contributed by atoms with Gasteiger partial charge in [-0.05, 0) is 38.1 Å². The smallest absolute Gasteiger partial charge is 0.0931 e. The molecule has 2 heterocycles. The lowest BCUT2D eigenvalue weighted by atomic mass is 10.2. The summed E-state index contributed by atoms with van der Waals surface area (Å²) >= 11 is 3.42. The quantitative estimate of drug-likeness (QED) is 0.861. The summed E-state index contributed by atoms with van der Waals surface area (Å²) in [5.74, 6) is 0. The third kappa shape index (κ3) is 5.38. The van der Waals surface area contributed by atoms with Gasteiger partial charge < -0.3 is 5.11 Å². The molecule has 0 saturated heterocycles. The third-order valence-electron chi connectivity index (χ3n) is 2.21. The minimum absolute atomic E-state index is 0.360. The molecular formula is C14H17BrN2O. The highest BCUT2D eigenvalue weighted by Crippen LogP contribution is 2.17. The van der Waals surface area contributed by atoms with E-state index in [-0.39, 0.29) is 0 Å². The predicted molar refractivity (Wildman–Crippen MR) is 76.4 cm³/mol. The summed E-state index contributed by atoms with van der Waals surface area (Å²) in [5, 5.41) is 8.96. The molecule has 2 atom stereocenters. The van der Waals surface area contributed by atoms with Gasteiger partial charge in [0.2, 0.25) is 0 Å². The van der Waals surface area contributed by atoms with E-state index in [4.69, 9.17) is 5.11 Å². The molecular weight excluding hydrogens is 292 g/mol. The molecule has 2 unspecified atom stereocenters. The van der Waals surface area contributed by atoms with Crippen molar-refractivity contribution < 1.29 is 5.11 Å². The first kappa shape index (κ1) is 14.8. The fraction of sp³-hybridized carbons (Fsp3) is 0.286. The van der Waals surface area contributed by atoms with Crippen LogP contribution in [-0.4, -0.2) is 15.1 Å². The molecule has 0 bridgehead atoms. The lowest BCUT2D eigenvalue weighted by molar-refractivity contribution is 0.194. The highest BCUT2D eigenvalue weighted by molar-refractivity contribution is 9.09. The molecule has 0 fully saturated rings. The number of nitrogens with zero attached hydrogens (tertiary/aromatic N) is 2. The van der Waals surface area contributed by atoms with Gasteiger partial charge in [0.15, 0.2) is 0 Å². The van der Waals surface area contributed by atoms with Crippen LogP contribution in [0.1, 0.15) is 36.2 Å². The Bertz CT molecular complexity index is 389. The molecule has 0 amide bonds. The van der Waals surface area contributed by atoms with Crippen molar-refractivity contribution in [3.63, 3.8) is 0 Å². The summed E-state index contributed by atoms with van der Waals surface area (Å²) in [5.41, 5.74) is 1.80. The van der Waals surface area contributed by atoms with Crippen molar-refractivity contribution in [1.29, 1.82) is 0 Å². The van der Waals surface area contributed by atoms with Crippen LogP contribution >= 0.6 is 15.9 Å². The first-order valence-corrected chi connectivity index (χ1v) is 6.67. The molecule has 0 aliphatic carbocycles. The van der Waals surface area contributed by atoms with Crippen LogP contribution in [0.2, 0.25) is 0 Å². The van der Waals surface area contributed by atoms with Crippen molar-refractivity contribution in [3.8, 4) is 0 Å². The third-order valence-corrected chi connectivity index (χ3v) is 2.68. The van der Waals surface area contributed by atoms with Gasteiger partial charge in [-0.15, -0.1) is 0 Å². The molecule has 18 heavy (non-hydrogen) atoms. The van der Waals surface area contributed by atoms with Crippen molar-refractivity contribution in [2.75, 3.05) is 0 Å². The maximum absolute atomic E-state index is 8.96. The Labute approximate surface area is 116 Å². The predicted octanol–water partition coefficient (Wildman–Crippen LogP) is 3.67. The number of halogens is 1. The Morgan fingerprint density at radius 1 is 0.944 bits per heavy atom. The van der Waals surface area contributed by atoms with Gasteiger partial charge in [0.1, 0.15) is 0 Å². The average molecular weight is 309 g/mol. The lowest BCUT2D eigenvalue weighted by Gasteiger charge is -1.99. The zero-order valence-electron chi connectivity index (χ0n) is 10.5. The zero-order chi connectivity index (χ0) is 13.4. The number of hydrogen-bond donors (Lipinski definition) is 1. The molecule has 0 spiro atoms. The molecule has 0 saturated carbocycles. The average Bonchev–Trinajstić information content (AvgIpc) is 2.41. The van der Waals surface area contributed by atoms with Crippen molar-refractivity contribution in [2.45, 2.75) is 24.8 Å². The van der Waals surface area contributed by atoms with E-state index in [9.17, 15) is 0 Å². The number of rotatable bonds is 2. The first-order chi connectivity index (χ1) is 8.61. The van der Waals surface area contributed by atoms with Crippen LogP contribution in [0.3, 0.4) is 0 Å². The minimum atomic E-state index is -0.453. The molecule has 0 radical (unpaired) electrons. The van der Waals surface area contributed by atoms with Gasteiger partial charge in [0, 0.05) is 12.4 Å². The number of pyridine rings is 2. The van der Waals surface area contributed by atoms with Gasteiger partial charge in [-0.2, -0.15) is 0 Å². The van der Waals surface area contributed by atoms with Crippen LogP contribution in [0.4, 0.5) is 0 Å². The van der Waals surface area contributed by atoms with Crippen molar-refractivity contribution in [1.82, 2.24) is 9.97 Å². The molecule has 4 heteroatoms. The zero-order valence-corrected chi connectivity index (χ0v) is 12.1. The Balaban J connectivity index is 0.000000180. The van der Waals surface area contributed by atoms with Gasteiger partial charge in [-0.25, -0.2) is 0 Å². The van der Waals surface area contributed by atoms with Gasteiger partial charge in [0.25, 0.3) is 0 Å². The second-order valence-electron chi connectivity index (χ2n) is 3.80. The first-order valence-electron chi connectivity index (χ1n) is 5.75. The normalized spacial score (nSPS) is 13.1. The molecule has 2 rings (SSSR count). The van der Waals surface area contributed by atoms with Crippen LogP contribution < -0.4 is 0 Å². The monoisotopic (exact) mass is 308 g/mol. The van der Waals surface area contributed by atoms with E-state index >= 15 is 0 Å². The second-order valence-corrected chi connectivity index (χ2v) is 5.17. The molecule has 0 aliphatic heterocycles. The minimum Gasteiger partial charge on any atom is -0.387 e. The Kier molecular flexibility index (Phi) is 6.54. The van der Waals surface area contributed by atoms with E-state index in [1.165, 1.54) is 0 Å². The largest absolute Gasteiger partial charge is 0.387 e. The fourth-order valence-corrected chi connectivity index (χ4v) is 1.51. The van der Waals surface area contributed by atoms with Crippen LogP contribution in [0.15, 0.2) is 48.8 Å². The van der Waals surface area contributed by atoms with Crippen molar-refractivity contribution in [3.05, 3.63) is 60.2 Å². The van der Waals surface area contributed by atoms with Gasteiger partial charge in [0.05, 0.1) is 22.3 Å². The highest BCUT2D eigenvalue weighted by atomic mass is 79.9. The number of hydrogen-bond acceptors (Lipinski definition) is 3. The molecule has 2 aromatic heterocycles. The maximum Gasteiger partial charge on any atom is 0.0931 e. The van der Waals surface area contributed by atoms with Crippen LogP contribution in [-0.2, 0) is 0 Å². The lowest BCUT2D eigenvalue weighted by Crippen LogP contribution is -1.92. The Morgan fingerprint density at radius 2 is 1.44 bits per heavy atom. The Hall–Kier alpha value is -1.26. The summed E-state index contributed by atoms with van der Waals surface area (Å²) in [6.07, 6.45) is 3.01. The fourth-order valence-electron chi connectivity index (χ4n) is 1.23. The van der Waals surface area contributed by atoms with E-state index in [0.717, 1.165) is 11.4 Å². The van der Waals surface area contributed by atoms with Crippen molar-refractivity contribution >= 4 is 15.9 Å². The number of aliphatic hydroxyl groups excluding tert-OH is 1. The topological polar surface area (TPSA) is 46.0 Å². The summed E-state index contributed by atoms with van der Waals surface area (Å²) < 4.78 is 0. The van der Waals surface area contributed by atoms with Gasteiger partial charge in [-0.3, -0.25) is 9.97 Å². The molecule has 0 aromatic carbocycles. The molecule has 1 N–H and O–H groups in total. The standard InChI is InChI=1S/C7H8BrN.C7H9NO/c1-6(8)7-4-2-3-5-9-7;1-6(9)7-4-2-3-5-8-7/h2-6H,1H3;2-6,9H,1H3. The summed E-state index contributed by atoms with van der Waals surface area (Å²) in [6.45, 7) is 3.75. The van der Waals surface area contributed by atoms with Gasteiger partial charge >= 0.3 is 0 Å². The van der Waals surface area contributed by atoms with E-state index in [0.29, 0.717) is 4.83 Å². The molecule has 2 aromatic rings. The summed E-state index contributed by atoms with van der Waals surface area (Å²) in [6, 6.07) is 11.4. The SMILES string of the molecule is CC(Br)c1ccccn1.CC(O)c1ccccn1. The summed E-state index contributed by atoms with van der Waals surface area (Å²) in [7, 11) is 0. The second kappa shape index (κ2) is 7.95. The van der Waals surface area contributed by atoms with Crippen molar-refractivity contribution in [2.24, 2.45) is 0 Å².